The van der Waals surface area contributed by atoms with Gasteiger partial charge in [-0.1, -0.05) is 42.5 Å². The van der Waals surface area contributed by atoms with Crippen LogP contribution in [0.3, 0.4) is 0 Å². The van der Waals surface area contributed by atoms with Crippen LogP contribution in [0, 0.1) is 0 Å². The van der Waals surface area contributed by atoms with E-state index in [-0.39, 0.29) is 18.4 Å². The number of hydrogen-bond acceptors (Lipinski definition) is 3. The first-order valence-electron chi connectivity index (χ1n) is 8.88. The van der Waals surface area contributed by atoms with Gasteiger partial charge in [-0.2, -0.15) is 0 Å². The zero-order valence-corrected chi connectivity index (χ0v) is 15.5. The number of nitrogens with one attached hydrogen (secondary N) is 2. The van der Waals surface area contributed by atoms with Gasteiger partial charge in [0.2, 0.25) is 11.8 Å². The Morgan fingerprint density at radius 1 is 0.885 bits per heavy atom. The molecule has 138 valence electrons. The number of rotatable bonds is 9. The smallest absolute Gasteiger partial charge is 0.238 e. The van der Waals surface area contributed by atoms with E-state index < -0.39 is 0 Å². The molecule has 2 rings (SSSR count). The van der Waals surface area contributed by atoms with Crippen molar-refractivity contribution in [2.45, 2.75) is 19.3 Å². The molecule has 0 radical (unpaired) electrons. The Morgan fingerprint density at radius 3 is 2.19 bits per heavy atom. The number of amides is 2. The monoisotopic (exact) mass is 353 g/mol. The molecule has 0 aromatic heterocycles. The van der Waals surface area contributed by atoms with E-state index >= 15 is 0 Å². The van der Waals surface area contributed by atoms with Crippen LogP contribution >= 0.6 is 0 Å². The minimum atomic E-state index is -0.0615. The van der Waals surface area contributed by atoms with Gasteiger partial charge in [0.25, 0.3) is 0 Å². The zero-order chi connectivity index (χ0) is 18.8. The van der Waals surface area contributed by atoms with Crippen molar-refractivity contribution in [1.29, 1.82) is 0 Å². The number of carbonyl (C=O) groups is 2. The second kappa shape index (κ2) is 10.4. The first kappa shape index (κ1) is 19.7. The quantitative estimate of drug-likeness (QED) is 0.681. The molecule has 0 saturated carbocycles. The molecule has 0 heterocycles. The SMILES string of the molecule is CN(C)C(=O)CCc1ccc(NC(=O)CNCCc2ccccc2)cc1. The van der Waals surface area contributed by atoms with Crippen molar-refractivity contribution in [2.24, 2.45) is 0 Å². The van der Waals surface area contributed by atoms with Gasteiger partial charge in [0, 0.05) is 26.2 Å². The van der Waals surface area contributed by atoms with Crippen LogP contribution in [0.4, 0.5) is 5.69 Å². The van der Waals surface area contributed by atoms with Crippen molar-refractivity contribution in [3.63, 3.8) is 0 Å². The van der Waals surface area contributed by atoms with Crippen LogP contribution in [0.1, 0.15) is 17.5 Å². The number of aryl methyl sites for hydroxylation is 1. The lowest BCUT2D eigenvalue weighted by Crippen LogP contribution is -2.29. The summed E-state index contributed by atoms with van der Waals surface area (Å²) in [6.45, 7) is 1.04. The first-order valence-corrected chi connectivity index (χ1v) is 8.88. The van der Waals surface area contributed by atoms with Gasteiger partial charge in [0.1, 0.15) is 0 Å². The average Bonchev–Trinajstić information content (AvgIpc) is 2.65. The van der Waals surface area contributed by atoms with E-state index in [0.29, 0.717) is 12.8 Å². The van der Waals surface area contributed by atoms with E-state index in [1.807, 2.05) is 42.5 Å². The Hall–Kier alpha value is -2.66. The highest BCUT2D eigenvalue weighted by atomic mass is 16.2. The summed E-state index contributed by atoms with van der Waals surface area (Å²) in [5, 5.41) is 6.03. The van der Waals surface area contributed by atoms with E-state index in [0.717, 1.165) is 24.2 Å². The van der Waals surface area contributed by atoms with Gasteiger partial charge < -0.3 is 15.5 Å². The summed E-state index contributed by atoms with van der Waals surface area (Å²) in [6, 6.07) is 17.8. The molecule has 2 N–H and O–H groups in total. The van der Waals surface area contributed by atoms with Crippen LogP contribution in [-0.4, -0.2) is 43.9 Å². The highest BCUT2D eigenvalue weighted by Crippen LogP contribution is 2.11. The maximum atomic E-state index is 12.0. The standard InChI is InChI=1S/C21H27N3O2/c1-24(2)21(26)13-10-18-8-11-19(12-9-18)23-20(25)16-22-15-14-17-6-4-3-5-7-17/h3-9,11-12,22H,10,13-16H2,1-2H3,(H,23,25). The van der Waals surface area contributed by atoms with Crippen molar-refractivity contribution in [3.8, 4) is 0 Å². The molecule has 0 spiro atoms. The molecule has 2 aromatic carbocycles. The molecular weight excluding hydrogens is 326 g/mol. The fraction of sp³-hybridized carbons (Fsp3) is 0.333. The second-order valence-corrected chi connectivity index (χ2v) is 6.45. The fourth-order valence-corrected chi connectivity index (χ4v) is 2.51. The third kappa shape index (κ3) is 7.07. The summed E-state index contributed by atoms with van der Waals surface area (Å²) in [4.78, 5) is 25.2. The van der Waals surface area contributed by atoms with Gasteiger partial charge in [-0.05, 0) is 42.6 Å². The third-order valence-corrected chi connectivity index (χ3v) is 4.08. The average molecular weight is 353 g/mol. The number of anilines is 1. The van der Waals surface area contributed by atoms with Gasteiger partial charge in [-0.25, -0.2) is 0 Å². The van der Waals surface area contributed by atoms with Gasteiger partial charge in [-0.3, -0.25) is 9.59 Å². The molecule has 0 unspecified atom stereocenters. The summed E-state index contributed by atoms with van der Waals surface area (Å²) in [6.07, 6.45) is 2.09. The minimum absolute atomic E-state index is 0.0615. The predicted molar refractivity (Wildman–Crippen MR) is 105 cm³/mol. The molecule has 0 aliphatic rings. The van der Waals surface area contributed by atoms with Crippen molar-refractivity contribution in [1.82, 2.24) is 10.2 Å². The first-order chi connectivity index (χ1) is 12.5. The second-order valence-electron chi connectivity index (χ2n) is 6.45. The highest BCUT2D eigenvalue weighted by molar-refractivity contribution is 5.92. The van der Waals surface area contributed by atoms with E-state index in [1.54, 1.807) is 19.0 Å². The minimum Gasteiger partial charge on any atom is -0.349 e. The third-order valence-electron chi connectivity index (χ3n) is 4.08. The summed E-state index contributed by atoms with van der Waals surface area (Å²) in [5.74, 6) is 0.0533. The highest BCUT2D eigenvalue weighted by Gasteiger charge is 2.05. The van der Waals surface area contributed by atoms with E-state index in [1.165, 1.54) is 5.56 Å². The molecule has 0 bridgehead atoms. The zero-order valence-electron chi connectivity index (χ0n) is 15.5. The van der Waals surface area contributed by atoms with Crippen LogP contribution in [0.5, 0.6) is 0 Å². The van der Waals surface area contributed by atoms with E-state index in [2.05, 4.69) is 22.8 Å². The predicted octanol–water partition coefficient (Wildman–Crippen LogP) is 2.48. The normalized spacial score (nSPS) is 10.4. The lowest BCUT2D eigenvalue weighted by Gasteiger charge is -2.10. The van der Waals surface area contributed by atoms with Gasteiger partial charge in [-0.15, -0.1) is 0 Å². The number of carbonyl (C=O) groups excluding carboxylic acids is 2. The van der Waals surface area contributed by atoms with E-state index in [9.17, 15) is 9.59 Å². The Bertz CT molecular complexity index is 697. The molecule has 0 aliphatic carbocycles. The van der Waals surface area contributed by atoms with E-state index in [4.69, 9.17) is 0 Å². The van der Waals surface area contributed by atoms with Crippen molar-refractivity contribution in [3.05, 3.63) is 65.7 Å². The van der Waals surface area contributed by atoms with Crippen molar-refractivity contribution in [2.75, 3.05) is 32.5 Å². The Kier molecular flexibility index (Phi) is 7.83. The summed E-state index contributed by atoms with van der Waals surface area (Å²) in [5.41, 5.74) is 3.10. The molecule has 2 amide bonds. The molecular formula is C21H27N3O2. The maximum Gasteiger partial charge on any atom is 0.238 e. The molecule has 2 aromatic rings. The lowest BCUT2D eigenvalue weighted by atomic mass is 10.1. The molecule has 0 fully saturated rings. The van der Waals surface area contributed by atoms with Crippen LogP contribution in [0.25, 0.3) is 0 Å². The van der Waals surface area contributed by atoms with Crippen LogP contribution in [0.2, 0.25) is 0 Å². The number of nitrogens with zero attached hydrogens (tertiary/aromatic N) is 1. The Morgan fingerprint density at radius 2 is 1.54 bits per heavy atom. The summed E-state index contributed by atoms with van der Waals surface area (Å²) in [7, 11) is 3.52. The molecule has 0 atom stereocenters. The Labute approximate surface area is 155 Å². The number of hydrogen-bond donors (Lipinski definition) is 2. The fourth-order valence-electron chi connectivity index (χ4n) is 2.51. The largest absolute Gasteiger partial charge is 0.349 e. The summed E-state index contributed by atoms with van der Waals surface area (Å²) >= 11 is 0. The molecule has 0 saturated heterocycles. The molecule has 5 nitrogen and oxygen atoms in total. The Balaban J connectivity index is 1.67. The van der Waals surface area contributed by atoms with Crippen molar-refractivity contribution >= 4 is 17.5 Å². The molecule has 0 aliphatic heterocycles. The molecule has 5 heteroatoms. The van der Waals surface area contributed by atoms with Crippen LogP contribution < -0.4 is 10.6 Å². The topological polar surface area (TPSA) is 61.4 Å². The summed E-state index contributed by atoms with van der Waals surface area (Å²) < 4.78 is 0. The van der Waals surface area contributed by atoms with Crippen LogP contribution in [-0.2, 0) is 22.4 Å². The number of benzene rings is 2. The maximum absolute atomic E-state index is 12.0. The van der Waals surface area contributed by atoms with Gasteiger partial charge in [0.05, 0.1) is 6.54 Å². The lowest BCUT2D eigenvalue weighted by molar-refractivity contribution is -0.128. The molecule has 26 heavy (non-hydrogen) atoms. The van der Waals surface area contributed by atoms with Crippen LogP contribution in [0.15, 0.2) is 54.6 Å². The van der Waals surface area contributed by atoms with Gasteiger partial charge >= 0.3 is 0 Å². The van der Waals surface area contributed by atoms with Gasteiger partial charge in [0.15, 0.2) is 0 Å². The van der Waals surface area contributed by atoms with Crippen molar-refractivity contribution < 1.29 is 9.59 Å².